The lowest BCUT2D eigenvalue weighted by Crippen LogP contribution is -2.53. The maximum absolute atomic E-state index is 13.9. The van der Waals surface area contributed by atoms with Crippen molar-refractivity contribution in [2.45, 2.75) is 116 Å². The number of methoxy groups -OCH3 is 2. The topological polar surface area (TPSA) is 182 Å². The number of benzene rings is 2. The lowest BCUT2D eigenvalue weighted by molar-refractivity contribution is -0.136. The highest BCUT2D eigenvalue weighted by molar-refractivity contribution is 6.36. The molecular formula is C48H64N8O6. The predicted octanol–water partition coefficient (Wildman–Crippen LogP) is 7.84. The Hall–Kier alpha value is -5.53. The van der Waals surface area contributed by atoms with Gasteiger partial charge in [-0.05, 0) is 96.3 Å². The number of ether oxygens (including phenoxy) is 2. The van der Waals surface area contributed by atoms with E-state index in [1.165, 1.54) is 36.5 Å². The molecule has 4 N–H and O–H groups in total. The molecule has 5 aliphatic rings. The molecule has 2 bridgehead atoms. The average Bonchev–Trinajstić information content (AvgIpc) is 4.02. The highest BCUT2D eigenvalue weighted by Gasteiger charge is 2.42. The highest BCUT2D eigenvalue weighted by atomic mass is 16.5. The number of aromatic amines is 1. The normalized spacial score (nSPS) is 24.0. The Morgan fingerprint density at radius 2 is 1.34 bits per heavy atom. The summed E-state index contributed by atoms with van der Waals surface area (Å²) in [5.41, 5.74) is 8.34. The van der Waals surface area contributed by atoms with E-state index in [1.807, 2.05) is 55.8 Å². The van der Waals surface area contributed by atoms with Crippen molar-refractivity contribution < 1.29 is 28.7 Å². The summed E-state index contributed by atoms with van der Waals surface area (Å²) in [6.45, 7) is 13.5. The van der Waals surface area contributed by atoms with E-state index in [4.69, 9.17) is 19.9 Å². The van der Waals surface area contributed by atoms with Gasteiger partial charge in [0.25, 0.3) is 0 Å². The van der Waals surface area contributed by atoms with Gasteiger partial charge in [0.2, 0.25) is 11.8 Å². The molecule has 14 nitrogen and oxygen atoms in total. The molecule has 14 heteroatoms. The van der Waals surface area contributed by atoms with Gasteiger partial charge >= 0.3 is 12.2 Å². The van der Waals surface area contributed by atoms with Gasteiger partial charge in [-0.3, -0.25) is 20.0 Å². The minimum atomic E-state index is -0.703. The van der Waals surface area contributed by atoms with Gasteiger partial charge < -0.3 is 34.9 Å². The van der Waals surface area contributed by atoms with E-state index in [-0.39, 0.29) is 41.7 Å². The van der Waals surface area contributed by atoms with Gasteiger partial charge in [0.05, 0.1) is 50.5 Å². The van der Waals surface area contributed by atoms with Crippen LogP contribution in [0.4, 0.5) is 9.59 Å². The Labute approximate surface area is 365 Å². The third-order valence-electron chi connectivity index (χ3n) is 13.6. The van der Waals surface area contributed by atoms with E-state index in [0.29, 0.717) is 43.1 Å². The minimum Gasteiger partial charge on any atom is -0.453 e. The van der Waals surface area contributed by atoms with E-state index in [2.05, 4.69) is 58.7 Å². The Bertz CT molecular complexity index is 2170. The average molecular weight is 849 g/mol. The molecule has 8 rings (SSSR count). The Morgan fingerprint density at radius 3 is 1.92 bits per heavy atom. The summed E-state index contributed by atoms with van der Waals surface area (Å²) in [5.74, 6) is 1.77. The molecule has 1 saturated carbocycles. The van der Waals surface area contributed by atoms with Gasteiger partial charge in [0.15, 0.2) is 0 Å². The number of nitrogens with one attached hydrogen (secondary N) is 4. The quantitative estimate of drug-likeness (QED) is 0.126. The molecule has 2 saturated heterocycles. The van der Waals surface area contributed by atoms with Gasteiger partial charge in [-0.15, -0.1) is 0 Å². The molecule has 2 aromatic carbocycles. The molecule has 0 spiro atoms. The van der Waals surface area contributed by atoms with E-state index >= 15 is 0 Å². The second-order valence-electron chi connectivity index (χ2n) is 18.8. The van der Waals surface area contributed by atoms with Crippen molar-refractivity contribution in [2.75, 3.05) is 33.9 Å². The number of fused-ring (bicyclic) bond motifs is 2. The fraction of sp³-hybridized carbons (Fsp3) is 0.562. The van der Waals surface area contributed by atoms with E-state index in [1.54, 1.807) is 6.21 Å². The van der Waals surface area contributed by atoms with Crippen LogP contribution in [0, 0.1) is 29.1 Å². The molecule has 0 radical (unpaired) electrons. The summed E-state index contributed by atoms with van der Waals surface area (Å²) in [6, 6.07) is 10.9. The number of rotatable bonds is 13. The van der Waals surface area contributed by atoms with Crippen molar-refractivity contribution in [1.82, 2.24) is 30.4 Å². The van der Waals surface area contributed by atoms with Crippen molar-refractivity contribution in [1.29, 1.82) is 5.41 Å². The SMILES string of the molecule is COC(=O)NC(C(=O)N1CC(C)CC1CN=CC(=N)c1ccc(-c2ccc(-c3cnc(C4CC(C)CN4C(=O)C(NC(=O)OC)C(C)C)[nH]3)c3c2C2CCC3CC2)cc1)C(C)C. The van der Waals surface area contributed by atoms with Gasteiger partial charge in [0, 0.05) is 30.4 Å². The number of aromatic nitrogens is 2. The van der Waals surface area contributed by atoms with Crippen molar-refractivity contribution in [2.24, 2.45) is 28.7 Å². The molecule has 2 aliphatic heterocycles. The fourth-order valence-corrected chi connectivity index (χ4v) is 10.4. The third kappa shape index (κ3) is 9.15. The number of imidazole rings is 1. The predicted molar refractivity (Wildman–Crippen MR) is 239 cm³/mol. The molecule has 332 valence electrons. The van der Waals surface area contributed by atoms with Crippen molar-refractivity contribution in [3.63, 3.8) is 0 Å². The van der Waals surface area contributed by atoms with Crippen molar-refractivity contribution in [3.8, 4) is 22.4 Å². The van der Waals surface area contributed by atoms with Crippen LogP contribution in [-0.2, 0) is 19.1 Å². The van der Waals surface area contributed by atoms with Gasteiger partial charge in [0.1, 0.15) is 17.9 Å². The number of H-pyrrole nitrogens is 1. The number of alkyl carbamates (subject to hydrolysis) is 2. The number of hydrogen-bond acceptors (Lipinski definition) is 9. The first-order valence-corrected chi connectivity index (χ1v) is 22.4. The number of carbonyl (C=O) groups excluding carboxylic acids is 4. The number of amides is 4. The number of nitrogens with zero attached hydrogens (tertiary/aromatic N) is 4. The first-order valence-electron chi connectivity index (χ1n) is 22.4. The second-order valence-corrected chi connectivity index (χ2v) is 18.8. The van der Waals surface area contributed by atoms with Crippen LogP contribution in [0.5, 0.6) is 0 Å². The first-order chi connectivity index (χ1) is 29.7. The first kappa shape index (κ1) is 44.5. The van der Waals surface area contributed by atoms with Crippen LogP contribution in [0.1, 0.15) is 120 Å². The van der Waals surface area contributed by atoms with Crippen LogP contribution in [0.15, 0.2) is 47.6 Å². The summed E-state index contributed by atoms with van der Waals surface area (Å²) in [7, 11) is 2.59. The zero-order valence-corrected chi connectivity index (χ0v) is 37.5. The third-order valence-corrected chi connectivity index (χ3v) is 13.6. The van der Waals surface area contributed by atoms with Gasteiger partial charge in [-0.2, -0.15) is 0 Å². The Kier molecular flexibility index (Phi) is 13.5. The maximum Gasteiger partial charge on any atom is 0.407 e. The Balaban J connectivity index is 1.08. The summed E-state index contributed by atoms with van der Waals surface area (Å²) in [4.78, 5) is 68.5. The lowest BCUT2D eigenvalue weighted by Gasteiger charge is -2.41. The molecular weight excluding hydrogens is 785 g/mol. The largest absolute Gasteiger partial charge is 0.453 e. The molecule has 4 amide bonds. The Morgan fingerprint density at radius 1 is 0.806 bits per heavy atom. The number of hydrogen-bond donors (Lipinski definition) is 4. The summed E-state index contributed by atoms with van der Waals surface area (Å²) < 4.78 is 9.60. The molecule has 3 aromatic rings. The monoisotopic (exact) mass is 848 g/mol. The smallest absolute Gasteiger partial charge is 0.407 e. The number of carbonyl (C=O) groups is 4. The lowest BCUT2D eigenvalue weighted by atomic mass is 9.64. The van der Waals surface area contributed by atoms with Gasteiger partial charge in [-0.25, -0.2) is 14.6 Å². The standard InChI is InChI=1S/C48H64N8O6/c1-26(2)42(53-47(59)61-7)45(57)55-24-28(5)19-34(55)21-50-22-37(49)31-11-9-30(10-12-31)35-17-18-36(41-33-15-13-32(14-16-33)40(35)41)38-23-51-44(52-38)39-20-29(6)25-56(39)46(58)43(27(3)4)54-48(60)62-8/h9-12,17-18,22-23,26-29,32-34,39,42-43,49H,13-16,19-21,24-25H2,1-8H3,(H,51,52)(H,53,59)(H,54,60). The van der Waals surface area contributed by atoms with Crippen LogP contribution in [-0.4, -0.2) is 108 Å². The zero-order valence-electron chi connectivity index (χ0n) is 37.5. The molecule has 6 atom stereocenters. The van der Waals surface area contributed by atoms with Crippen LogP contribution in [0.2, 0.25) is 0 Å². The molecule has 1 aromatic heterocycles. The number of aliphatic imine (C=N–C) groups is 1. The molecule has 3 heterocycles. The highest BCUT2D eigenvalue weighted by Crippen LogP contribution is 2.55. The second kappa shape index (κ2) is 18.8. The van der Waals surface area contributed by atoms with Crippen molar-refractivity contribution in [3.05, 3.63) is 65.1 Å². The minimum absolute atomic E-state index is 0.110. The van der Waals surface area contributed by atoms with Gasteiger partial charge in [-0.1, -0.05) is 77.9 Å². The maximum atomic E-state index is 13.9. The van der Waals surface area contributed by atoms with E-state index < -0.39 is 24.3 Å². The molecule has 6 unspecified atom stereocenters. The van der Waals surface area contributed by atoms with Crippen LogP contribution in [0.3, 0.4) is 0 Å². The summed E-state index contributed by atoms with van der Waals surface area (Å²) in [5, 5.41) is 14.3. The molecule has 62 heavy (non-hydrogen) atoms. The number of likely N-dealkylation sites (tertiary alicyclic amines) is 2. The van der Waals surface area contributed by atoms with Crippen LogP contribution >= 0.6 is 0 Å². The van der Waals surface area contributed by atoms with Crippen LogP contribution < -0.4 is 10.6 Å². The summed E-state index contributed by atoms with van der Waals surface area (Å²) in [6.07, 6.45) is 8.48. The fourth-order valence-electron chi connectivity index (χ4n) is 10.4. The van der Waals surface area contributed by atoms with E-state index in [0.717, 1.165) is 61.2 Å². The zero-order chi connectivity index (χ0) is 44.4. The van der Waals surface area contributed by atoms with Crippen molar-refractivity contribution >= 4 is 35.9 Å². The van der Waals surface area contributed by atoms with Crippen LogP contribution in [0.25, 0.3) is 22.4 Å². The summed E-state index contributed by atoms with van der Waals surface area (Å²) >= 11 is 0. The van der Waals surface area contributed by atoms with E-state index in [9.17, 15) is 19.2 Å². The molecule has 3 fully saturated rings. The molecule has 3 aliphatic carbocycles.